The molecule has 0 radical (unpaired) electrons. The van der Waals surface area contributed by atoms with E-state index in [-0.39, 0.29) is 5.60 Å². The van der Waals surface area contributed by atoms with E-state index >= 15 is 0 Å². The Morgan fingerprint density at radius 1 is 1.26 bits per heavy atom. The van der Waals surface area contributed by atoms with Crippen molar-refractivity contribution in [1.82, 2.24) is 25.0 Å². The molecule has 0 unspecified atom stereocenters. The zero-order chi connectivity index (χ0) is 18.8. The van der Waals surface area contributed by atoms with Crippen LogP contribution in [0.4, 0.5) is 0 Å². The van der Waals surface area contributed by atoms with Crippen molar-refractivity contribution in [3.05, 3.63) is 35.3 Å². The quantitative estimate of drug-likeness (QED) is 0.587. The van der Waals surface area contributed by atoms with E-state index < -0.39 is 5.60 Å². The molecule has 4 aromatic heterocycles. The van der Waals surface area contributed by atoms with Crippen molar-refractivity contribution in [1.29, 1.82) is 0 Å². The van der Waals surface area contributed by atoms with Gasteiger partial charge in [0.25, 0.3) is 0 Å². The van der Waals surface area contributed by atoms with Gasteiger partial charge in [0.2, 0.25) is 0 Å². The molecule has 0 atom stereocenters. The van der Waals surface area contributed by atoms with E-state index in [0.717, 1.165) is 37.5 Å². The molecule has 5 rings (SSSR count). The topological polar surface area (TPSA) is 86.0 Å². The molecule has 0 spiro atoms. The normalized spacial score (nSPS) is 25.2. The minimum Gasteiger partial charge on any atom is -0.384 e. The van der Waals surface area contributed by atoms with E-state index in [1.54, 1.807) is 18.0 Å². The average molecular weight is 381 g/mol. The summed E-state index contributed by atoms with van der Waals surface area (Å²) >= 11 is 1.54. The summed E-state index contributed by atoms with van der Waals surface area (Å²) in [5.41, 5.74) is 2.14. The smallest absolute Gasteiger partial charge is 0.178 e. The number of pyridine rings is 2. The fourth-order valence-electron chi connectivity index (χ4n) is 3.88. The van der Waals surface area contributed by atoms with Crippen LogP contribution >= 0.6 is 11.3 Å². The van der Waals surface area contributed by atoms with Gasteiger partial charge >= 0.3 is 0 Å². The lowest BCUT2D eigenvalue weighted by Crippen LogP contribution is -2.53. The summed E-state index contributed by atoms with van der Waals surface area (Å²) in [4.78, 5) is 11.1. The molecule has 8 heteroatoms. The monoisotopic (exact) mass is 381 g/mol. The van der Waals surface area contributed by atoms with Crippen molar-refractivity contribution in [2.24, 2.45) is 7.05 Å². The molecule has 0 amide bonds. The van der Waals surface area contributed by atoms with Gasteiger partial charge < -0.3 is 9.84 Å². The van der Waals surface area contributed by atoms with Crippen LogP contribution in [0.15, 0.2) is 30.5 Å². The zero-order valence-corrected chi connectivity index (χ0v) is 16.1. The Hall–Kier alpha value is -2.42. The van der Waals surface area contributed by atoms with E-state index in [0.29, 0.717) is 12.8 Å². The first-order valence-corrected chi connectivity index (χ1v) is 9.55. The number of rotatable bonds is 3. The largest absolute Gasteiger partial charge is 0.384 e. The van der Waals surface area contributed by atoms with Crippen LogP contribution in [0, 0.1) is 0 Å². The van der Waals surface area contributed by atoms with Crippen molar-refractivity contribution in [2.75, 3.05) is 7.11 Å². The predicted octanol–water partition coefficient (Wildman–Crippen LogP) is 3.03. The highest BCUT2D eigenvalue weighted by Crippen LogP contribution is 2.52. The van der Waals surface area contributed by atoms with Crippen LogP contribution < -0.4 is 0 Å². The van der Waals surface area contributed by atoms with Gasteiger partial charge in [-0.15, -0.1) is 16.4 Å². The van der Waals surface area contributed by atoms with Gasteiger partial charge in [-0.25, -0.2) is 14.6 Å². The first-order valence-electron chi connectivity index (χ1n) is 8.74. The van der Waals surface area contributed by atoms with Crippen molar-refractivity contribution in [3.8, 4) is 11.3 Å². The third-order valence-corrected chi connectivity index (χ3v) is 6.64. The lowest BCUT2D eigenvalue weighted by atomic mass is 9.67. The molecule has 4 heterocycles. The van der Waals surface area contributed by atoms with Crippen LogP contribution in [0.1, 0.15) is 24.6 Å². The molecule has 1 N–H and O–H groups in total. The Morgan fingerprint density at radius 2 is 2.07 bits per heavy atom. The molecule has 1 fully saturated rings. The summed E-state index contributed by atoms with van der Waals surface area (Å²) < 4.78 is 7.13. The third-order valence-electron chi connectivity index (χ3n) is 5.40. The van der Waals surface area contributed by atoms with Gasteiger partial charge in [-0.1, -0.05) is 5.21 Å². The van der Waals surface area contributed by atoms with Gasteiger partial charge in [-0.3, -0.25) is 0 Å². The minimum atomic E-state index is -0.823. The Morgan fingerprint density at radius 3 is 2.85 bits per heavy atom. The van der Waals surface area contributed by atoms with Gasteiger partial charge in [-0.2, -0.15) is 0 Å². The van der Waals surface area contributed by atoms with E-state index in [2.05, 4.69) is 15.3 Å². The van der Waals surface area contributed by atoms with Crippen LogP contribution in [0.3, 0.4) is 0 Å². The Labute approximate surface area is 159 Å². The van der Waals surface area contributed by atoms with Gasteiger partial charge in [0.1, 0.15) is 15.9 Å². The second-order valence-corrected chi connectivity index (χ2v) is 8.55. The maximum absolute atomic E-state index is 10.9. The number of ether oxygens (including phenoxy) is 1. The van der Waals surface area contributed by atoms with Crippen molar-refractivity contribution < 1.29 is 9.84 Å². The molecule has 4 aromatic rings. The lowest BCUT2D eigenvalue weighted by molar-refractivity contribution is -0.189. The van der Waals surface area contributed by atoms with E-state index in [4.69, 9.17) is 9.72 Å². The molecule has 0 aromatic carbocycles. The molecule has 7 nitrogen and oxygen atoms in total. The molecule has 138 valence electrons. The summed E-state index contributed by atoms with van der Waals surface area (Å²) in [5.74, 6) is 0. The van der Waals surface area contributed by atoms with E-state index in [9.17, 15) is 5.11 Å². The fourth-order valence-corrected chi connectivity index (χ4v) is 5.00. The Kier molecular flexibility index (Phi) is 3.43. The number of aliphatic hydroxyl groups is 1. The van der Waals surface area contributed by atoms with Crippen molar-refractivity contribution in [2.45, 2.75) is 31.0 Å². The van der Waals surface area contributed by atoms with Crippen molar-refractivity contribution in [3.63, 3.8) is 0 Å². The predicted molar refractivity (Wildman–Crippen MR) is 103 cm³/mol. The third kappa shape index (κ3) is 2.55. The maximum Gasteiger partial charge on any atom is 0.178 e. The van der Waals surface area contributed by atoms with Gasteiger partial charge in [-0.05, 0) is 31.2 Å². The lowest BCUT2D eigenvalue weighted by Gasteiger charge is -2.50. The number of hydrogen-bond acceptors (Lipinski definition) is 7. The molecule has 0 bridgehead atoms. The summed E-state index contributed by atoms with van der Waals surface area (Å²) in [7, 11) is 3.51. The maximum atomic E-state index is 10.9. The van der Waals surface area contributed by atoms with Crippen LogP contribution in [-0.4, -0.2) is 42.8 Å². The van der Waals surface area contributed by atoms with E-state index in [1.807, 2.05) is 38.2 Å². The molecule has 1 saturated carbocycles. The van der Waals surface area contributed by atoms with E-state index in [1.165, 1.54) is 11.3 Å². The van der Waals surface area contributed by atoms with Crippen LogP contribution in [-0.2, 0) is 17.4 Å². The second-order valence-electron chi connectivity index (χ2n) is 7.52. The molecule has 27 heavy (non-hydrogen) atoms. The number of methoxy groups -OCH3 is 1. The summed E-state index contributed by atoms with van der Waals surface area (Å²) in [5, 5.41) is 20.1. The highest BCUT2D eigenvalue weighted by molar-refractivity contribution is 7.18. The van der Waals surface area contributed by atoms with Crippen LogP contribution in [0.5, 0.6) is 0 Å². The Bertz CT molecular complexity index is 1180. The molecule has 1 aliphatic carbocycles. The molecule has 0 saturated heterocycles. The number of hydrogen-bond donors (Lipinski definition) is 1. The average Bonchev–Trinajstić information content (AvgIpc) is 3.23. The summed E-state index contributed by atoms with van der Waals surface area (Å²) in [6.07, 6.45) is 2.99. The molecular weight excluding hydrogens is 362 g/mol. The first-order chi connectivity index (χ1) is 12.9. The van der Waals surface area contributed by atoms with Crippen LogP contribution in [0.25, 0.3) is 32.6 Å². The van der Waals surface area contributed by atoms with Gasteiger partial charge in [0, 0.05) is 49.0 Å². The fraction of sp³-hybridized carbons (Fsp3) is 0.368. The number of aryl methyl sites for hydroxylation is 1. The van der Waals surface area contributed by atoms with Crippen LogP contribution in [0.2, 0.25) is 0 Å². The minimum absolute atomic E-state index is 0.249. The second kappa shape index (κ2) is 5.54. The SMILES string of the molecule is COC1(C)CC(O)(c2cc3ccc(-c4cnc5c(c4)nnn5C)nc3s2)C1. The zero-order valence-electron chi connectivity index (χ0n) is 15.3. The first kappa shape index (κ1) is 16.7. The molecular formula is C19H19N5O2S. The molecule has 1 aliphatic rings. The highest BCUT2D eigenvalue weighted by Gasteiger charge is 2.53. The Balaban J connectivity index is 1.52. The van der Waals surface area contributed by atoms with Gasteiger partial charge in [0.05, 0.1) is 11.3 Å². The number of aromatic nitrogens is 5. The summed E-state index contributed by atoms with van der Waals surface area (Å²) in [6.45, 7) is 2.03. The standard InChI is InChI=1S/C19H19N5O2S/c1-18(26-3)9-19(25,10-18)15-7-11-4-5-13(21-17(11)27-15)12-6-14-16(20-8-12)24(2)23-22-14/h4-8,25H,9-10H2,1-3H3. The molecule has 0 aliphatic heterocycles. The highest BCUT2D eigenvalue weighted by atomic mass is 32.1. The summed E-state index contributed by atoms with van der Waals surface area (Å²) in [6, 6.07) is 8.00. The number of nitrogens with zero attached hydrogens (tertiary/aromatic N) is 5. The number of thiophene rings is 1. The van der Waals surface area contributed by atoms with Gasteiger partial charge in [0.15, 0.2) is 5.65 Å². The van der Waals surface area contributed by atoms with Crippen molar-refractivity contribution >= 4 is 32.7 Å². The number of fused-ring (bicyclic) bond motifs is 2.